The third kappa shape index (κ3) is 3.74. The first-order valence-corrected chi connectivity index (χ1v) is 7.42. The minimum Gasteiger partial charge on any atom is -0.370 e. The Morgan fingerprint density at radius 1 is 1.62 bits per heavy atom. The van der Waals surface area contributed by atoms with Crippen molar-refractivity contribution >= 4 is 11.9 Å². The van der Waals surface area contributed by atoms with Gasteiger partial charge in [0, 0.05) is 19.1 Å². The van der Waals surface area contributed by atoms with Crippen LogP contribution in [0.5, 0.6) is 0 Å². The molecule has 0 radical (unpaired) electrons. The lowest BCUT2D eigenvalue weighted by Gasteiger charge is -2.23. The number of aromatic nitrogens is 2. The van der Waals surface area contributed by atoms with Gasteiger partial charge in [0.05, 0.1) is 17.5 Å². The van der Waals surface area contributed by atoms with Gasteiger partial charge in [0.25, 0.3) is 5.91 Å². The number of aryl methyl sites for hydroxylation is 1. The number of hydrogen-bond donors (Lipinski definition) is 3. The van der Waals surface area contributed by atoms with Crippen LogP contribution in [0.3, 0.4) is 0 Å². The zero-order chi connectivity index (χ0) is 15.4. The molecule has 21 heavy (non-hydrogen) atoms. The van der Waals surface area contributed by atoms with Crippen molar-refractivity contribution in [2.24, 2.45) is 22.4 Å². The largest absolute Gasteiger partial charge is 0.370 e. The maximum absolute atomic E-state index is 11.4. The van der Waals surface area contributed by atoms with E-state index < -0.39 is 5.91 Å². The number of guanidine groups is 1. The molecule has 2 heterocycles. The summed E-state index contributed by atoms with van der Waals surface area (Å²) in [5.74, 6) is 0.432. The number of nitrogens with zero attached hydrogens (tertiary/aromatic N) is 3. The summed E-state index contributed by atoms with van der Waals surface area (Å²) in [4.78, 5) is 15.8. The second-order valence-electron chi connectivity index (χ2n) is 5.63. The highest BCUT2D eigenvalue weighted by Crippen LogP contribution is 2.23. The van der Waals surface area contributed by atoms with E-state index in [-0.39, 0.29) is 0 Å². The molecule has 0 bridgehead atoms. The van der Waals surface area contributed by atoms with E-state index in [1.54, 1.807) is 6.20 Å². The third-order valence-electron chi connectivity index (χ3n) is 3.97. The van der Waals surface area contributed by atoms with Crippen molar-refractivity contribution in [2.75, 3.05) is 6.54 Å². The lowest BCUT2D eigenvalue weighted by molar-refractivity contribution is 0.0998. The molecule has 1 aliphatic heterocycles. The van der Waals surface area contributed by atoms with Crippen molar-refractivity contribution in [3.05, 3.63) is 17.5 Å². The van der Waals surface area contributed by atoms with Crippen molar-refractivity contribution in [1.29, 1.82) is 0 Å². The Labute approximate surface area is 124 Å². The summed E-state index contributed by atoms with van der Waals surface area (Å²) < 4.78 is 1.86. The first-order chi connectivity index (χ1) is 10.0. The molecule has 2 atom stereocenters. The molecule has 2 rings (SSSR count). The van der Waals surface area contributed by atoms with E-state index in [9.17, 15) is 4.79 Å². The average Bonchev–Trinajstić information content (AvgIpc) is 2.88. The maximum atomic E-state index is 11.4. The van der Waals surface area contributed by atoms with Crippen LogP contribution in [-0.2, 0) is 13.0 Å². The Morgan fingerprint density at radius 3 is 3.05 bits per heavy atom. The quantitative estimate of drug-likeness (QED) is 0.533. The van der Waals surface area contributed by atoms with Crippen LogP contribution in [0.4, 0.5) is 0 Å². The van der Waals surface area contributed by atoms with Gasteiger partial charge in [-0.25, -0.2) is 0 Å². The number of nitrogens with two attached hydrogens (primary N) is 2. The smallest absolute Gasteiger partial charge is 0.252 e. The van der Waals surface area contributed by atoms with Gasteiger partial charge < -0.3 is 16.8 Å². The average molecular weight is 292 g/mol. The predicted octanol–water partition coefficient (Wildman–Crippen LogP) is 0.247. The van der Waals surface area contributed by atoms with Gasteiger partial charge in [-0.05, 0) is 32.1 Å². The number of aliphatic imine (C=N–C) groups is 1. The Hall–Kier alpha value is -2.05. The molecule has 0 aliphatic carbocycles. The van der Waals surface area contributed by atoms with Crippen molar-refractivity contribution < 1.29 is 4.79 Å². The number of rotatable bonds is 5. The van der Waals surface area contributed by atoms with E-state index in [2.05, 4.69) is 29.3 Å². The van der Waals surface area contributed by atoms with Gasteiger partial charge in [-0.1, -0.05) is 6.92 Å². The standard InChI is InChI=1S/C14H24N6O/c1-3-9(2)19-14(16)17-7-10-4-5-20-12(6-10)11(8-18-20)13(15)21/h8-10H,3-7H2,1-2H3,(H2,15,21)(H3,16,17,19). The molecule has 0 saturated carbocycles. The Balaban J connectivity index is 1.97. The Kier molecular flexibility index (Phi) is 4.82. The lowest BCUT2D eigenvalue weighted by Crippen LogP contribution is -2.38. The van der Waals surface area contributed by atoms with Crippen LogP contribution in [-0.4, -0.2) is 34.2 Å². The van der Waals surface area contributed by atoms with Crippen LogP contribution in [0.1, 0.15) is 42.7 Å². The number of hydrogen-bond acceptors (Lipinski definition) is 3. The van der Waals surface area contributed by atoms with Gasteiger partial charge in [-0.3, -0.25) is 14.5 Å². The van der Waals surface area contributed by atoms with Crippen LogP contribution in [0.15, 0.2) is 11.2 Å². The van der Waals surface area contributed by atoms with Crippen LogP contribution in [0.25, 0.3) is 0 Å². The molecule has 0 saturated heterocycles. The number of fused-ring (bicyclic) bond motifs is 1. The molecule has 1 aromatic heterocycles. The van der Waals surface area contributed by atoms with Gasteiger partial charge in [-0.15, -0.1) is 0 Å². The number of carbonyl (C=O) groups excluding carboxylic acids is 1. The summed E-state index contributed by atoms with van der Waals surface area (Å²) in [6.45, 7) is 5.61. The molecule has 1 aliphatic rings. The van der Waals surface area contributed by atoms with E-state index in [0.717, 1.165) is 31.5 Å². The van der Waals surface area contributed by atoms with Gasteiger partial charge >= 0.3 is 0 Å². The molecular weight excluding hydrogens is 268 g/mol. The second kappa shape index (κ2) is 6.60. The fraction of sp³-hybridized carbons (Fsp3) is 0.643. The van der Waals surface area contributed by atoms with Crippen LogP contribution in [0.2, 0.25) is 0 Å². The predicted molar refractivity (Wildman–Crippen MR) is 81.9 cm³/mol. The highest BCUT2D eigenvalue weighted by Gasteiger charge is 2.24. The van der Waals surface area contributed by atoms with E-state index >= 15 is 0 Å². The molecule has 5 N–H and O–H groups in total. The third-order valence-corrected chi connectivity index (χ3v) is 3.97. The lowest BCUT2D eigenvalue weighted by atomic mass is 9.94. The summed E-state index contributed by atoms with van der Waals surface area (Å²) in [6.07, 6.45) is 4.30. The first-order valence-electron chi connectivity index (χ1n) is 7.42. The molecule has 1 aromatic rings. The number of amides is 1. The zero-order valence-electron chi connectivity index (χ0n) is 12.7. The minimum absolute atomic E-state index is 0.322. The SMILES string of the molecule is CCC(C)NC(N)=NCC1CCn2ncc(C(N)=O)c2C1. The molecular formula is C14H24N6O. The highest BCUT2D eigenvalue weighted by atomic mass is 16.1. The normalized spacial score (nSPS) is 19.9. The monoisotopic (exact) mass is 292 g/mol. The number of nitrogens with one attached hydrogen (secondary N) is 1. The molecule has 1 amide bonds. The second-order valence-corrected chi connectivity index (χ2v) is 5.63. The van der Waals surface area contributed by atoms with Crippen molar-refractivity contribution in [1.82, 2.24) is 15.1 Å². The number of carbonyl (C=O) groups is 1. The minimum atomic E-state index is -0.418. The fourth-order valence-corrected chi connectivity index (χ4v) is 2.49. The first kappa shape index (κ1) is 15.3. The summed E-state index contributed by atoms with van der Waals surface area (Å²) in [6, 6.07) is 0.322. The van der Waals surface area contributed by atoms with Gasteiger partial charge in [0.1, 0.15) is 0 Å². The van der Waals surface area contributed by atoms with Crippen LogP contribution >= 0.6 is 0 Å². The molecule has 116 valence electrons. The fourth-order valence-electron chi connectivity index (χ4n) is 2.49. The Morgan fingerprint density at radius 2 is 2.38 bits per heavy atom. The van der Waals surface area contributed by atoms with Crippen LogP contribution < -0.4 is 16.8 Å². The van der Waals surface area contributed by atoms with E-state index in [1.165, 1.54) is 0 Å². The Bertz CT molecular complexity index is 536. The van der Waals surface area contributed by atoms with E-state index in [0.29, 0.717) is 30.0 Å². The maximum Gasteiger partial charge on any atom is 0.252 e. The molecule has 0 aromatic carbocycles. The molecule has 0 spiro atoms. The van der Waals surface area contributed by atoms with Crippen molar-refractivity contribution in [3.63, 3.8) is 0 Å². The van der Waals surface area contributed by atoms with Gasteiger partial charge in [-0.2, -0.15) is 5.10 Å². The van der Waals surface area contributed by atoms with Crippen molar-refractivity contribution in [2.45, 2.75) is 45.7 Å². The summed E-state index contributed by atoms with van der Waals surface area (Å²) >= 11 is 0. The molecule has 2 unspecified atom stereocenters. The van der Waals surface area contributed by atoms with Crippen molar-refractivity contribution in [3.8, 4) is 0 Å². The molecule has 0 fully saturated rings. The zero-order valence-corrected chi connectivity index (χ0v) is 12.7. The summed E-state index contributed by atoms with van der Waals surface area (Å²) in [5.41, 5.74) is 12.7. The highest BCUT2D eigenvalue weighted by molar-refractivity contribution is 5.93. The van der Waals surface area contributed by atoms with E-state index in [4.69, 9.17) is 11.5 Å². The van der Waals surface area contributed by atoms with E-state index in [1.807, 2.05) is 4.68 Å². The van der Waals surface area contributed by atoms with Crippen LogP contribution in [0, 0.1) is 5.92 Å². The number of primary amides is 1. The summed E-state index contributed by atoms with van der Waals surface area (Å²) in [7, 11) is 0. The molecule has 7 heteroatoms. The van der Waals surface area contributed by atoms with Gasteiger partial charge in [0.15, 0.2) is 5.96 Å². The summed E-state index contributed by atoms with van der Waals surface area (Å²) in [5, 5.41) is 7.35. The van der Waals surface area contributed by atoms with Gasteiger partial charge in [0.2, 0.25) is 0 Å². The molecule has 7 nitrogen and oxygen atoms in total. The topological polar surface area (TPSA) is 111 Å².